The predicted octanol–water partition coefficient (Wildman–Crippen LogP) is 2.76. The normalized spacial score (nSPS) is 11.2. The van der Waals surface area contributed by atoms with Gasteiger partial charge >= 0.3 is 0 Å². The molecule has 0 bridgehead atoms. The molecule has 0 unspecified atom stereocenters. The second-order valence-electron chi connectivity index (χ2n) is 6.91. The van der Waals surface area contributed by atoms with E-state index in [4.69, 9.17) is 37.9 Å². The molecule has 0 saturated heterocycles. The average Bonchev–Trinajstić information content (AvgIpc) is 2.81. The molecule has 0 saturated carbocycles. The Morgan fingerprint density at radius 2 is 0.875 bits per heavy atom. The van der Waals surface area contributed by atoms with Crippen LogP contribution in [0.5, 0.6) is 5.75 Å². The van der Waals surface area contributed by atoms with E-state index < -0.39 is 0 Å². The van der Waals surface area contributed by atoms with Crippen LogP contribution in [0.1, 0.15) is 18.9 Å². The largest absolute Gasteiger partial charge is 0.491 e. The highest BCUT2D eigenvalue weighted by Crippen LogP contribution is 2.13. The third-order valence-electron chi connectivity index (χ3n) is 4.25. The van der Waals surface area contributed by atoms with Gasteiger partial charge in [-0.15, -0.1) is 0 Å². The Labute approximate surface area is 193 Å². The Balaban J connectivity index is 1.72. The van der Waals surface area contributed by atoms with Gasteiger partial charge in [0.2, 0.25) is 0 Å². The van der Waals surface area contributed by atoms with Crippen LogP contribution in [0.2, 0.25) is 0 Å². The molecule has 8 nitrogen and oxygen atoms in total. The van der Waals surface area contributed by atoms with Gasteiger partial charge in [0, 0.05) is 7.11 Å². The smallest absolute Gasteiger partial charge is 0.119 e. The summed E-state index contributed by atoms with van der Waals surface area (Å²) in [5.74, 6) is 0.877. The number of rotatable bonds is 24. The van der Waals surface area contributed by atoms with E-state index in [2.05, 4.69) is 19.1 Å². The fourth-order valence-corrected chi connectivity index (χ4v) is 2.60. The first-order chi connectivity index (χ1) is 15.9. The predicted molar refractivity (Wildman–Crippen MR) is 123 cm³/mol. The molecule has 1 aromatic rings. The number of hydrogen-bond donors (Lipinski definition) is 0. The van der Waals surface area contributed by atoms with Crippen LogP contribution in [-0.2, 0) is 39.6 Å². The van der Waals surface area contributed by atoms with Gasteiger partial charge in [0.15, 0.2) is 0 Å². The summed E-state index contributed by atoms with van der Waals surface area (Å²) in [7, 11) is 1.65. The highest BCUT2D eigenvalue weighted by atomic mass is 16.6. The summed E-state index contributed by atoms with van der Waals surface area (Å²) in [4.78, 5) is 0. The Morgan fingerprint density at radius 1 is 0.500 bits per heavy atom. The summed E-state index contributed by atoms with van der Waals surface area (Å²) in [6.45, 7) is 9.90. The van der Waals surface area contributed by atoms with Crippen molar-refractivity contribution in [3.05, 3.63) is 29.8 Å². The molecule has 0 fully saturated rings. The first-order valence-electron chi connectivity index (χ1n) is 11.5. The average molecular weight is 459 g/mol. The molecule has 0 aliphatic heterocycles. The van der Waals surface area contributed by atoms with E-state index in [-0.39, 0.29) is 0 Å². The molecule has 186 valence electrons. The van der Waals surface area contributed by atoms with Gasteiger partial charge in [0.25, 0.3) is 0 Å². The van der Waals surface area contributed by atoms with Gasteiger partial charge in [0.1, 0.15) is 12.4 Å². The molecule has 0 aromatic heterocycles. The highest BCUT2D eigenvalue weighted by molar-refractivity contribution is 5.27. The zero-order valence-electron chi connectivity index (χ0n) is 19.9. The van der Waals surface area contributed by atoms with E-state index in [0.29, 0.717) is 92.5 Å². The van der Waals surface area contributed by atoms with Crippen molar-refractivity contribution >= 4 is 0 Å². The second kappa shape index (κ2) is 22.9. The molecule has 0 amide bonds. The quantitative estimate of drug-likeness (QED) is 0.219. The van der Waals surface area contributed by atoms with Gasteiger partial charge < -0.3 is 37.9 Å². The number of aryl methyl sites for hydroxylation is 1. The minimum atomic E-state index is 0.531. The van der Waals surface area contributed by atoms with Crippen LogP contribution in [0, 0.1) is 0 Å². The minimum absolute atomic E-state index is 0.531. The SMILES string of the molecule is CCCc1ccc(OCCOCCOCCOCCOCCOCCOCCOC)cc1. The maximum absolute atomic E-state index is 5.66. The van der Waals surface area contributed by atoms with Gasteiger partial charge in [-0.3, -0.25) is 0 Å². The first kappa shape index (κ1) is 28.8. The monoisotopic (exact) mass is 458 g/mol. The van der Waals surface area contributed by atoms with E-state index >= 15 is 0 Å². The first-order valence-corrected chi connectivity index (χ1v) is 11.5. The Bertz CT molecular complexity index is 497. The molecule has 32 heavy (non-hydrogen) atoms. The summed E-state index contributed by atoms with van der Waals surface area (Å²) in [5, 5.41) is 0. The molecule has 1 rings (SSSR count). The molecule has 0 heterocycles. The highest BCUT2D eigenvalue weighted by Gasteiger charge is 1.97. The Morgan fingerprint density at radius 3 is 1.25 bits per heavy atom. The van der Waals surface area contributed by atoms with Crippen LogP contribution >= 0.6 is 0 Å². The summed E-state index contributed by atoms with van der Waals surface area (Å²) in [6.07, 6.45) is 2.25. The fraction of sp³-hybridized carbons (Fsp3) is 0.750. The molecule has 0 radical (unpaired) electrons. The van der Waals surface area contributed by atoms with E-state index in [1.165, 1.54) is 5.56 Å². The van der Waals surface area contributed by atoms with Crippen LogP contribution in [-0.4, -0.2) is 99.6 Å². The number of hydrogen-bond acceptors (Lipinski definition) is 8. The Kier molecular flexibility index (Phi) is 20.6. The lowest BCUT2D eigenvalue weighted by atomic mass is 10.1. The molecule has 8 heteroatoms. The summed E-state index contributed by atoms with van der Waals surface area (Å²) >= 11 is 0. The van der Waals surface area contributed by atoms with Gasteiger partial charge in [-0.05, 0) is 24.1 Å². The topological polar surface area (TPSA) is 73.8 Å². The lowest BCUT2D eigenvalue weighted by molar-refractivity contribution is -0.0199. The fourth-order valence-electron chi connectivity index (χ4n) is 2.60. The van der Waals surface area contributed by atoms with Crippen LogP contribution in [0.25, 0.3) is 0 Å². The van der Waals surface area contributed by atoms with Gasteiger partial charge in [-0.1, -0.05) is 25.5 Å². The molecule has 0 aliphatic carbocycles. The van der Waals surface area contributed by atoms with Crippen LogP contribution < -0.4 is 4.74 Å². The molecular formula is C24H42O8. The maximum Gasteiger partial charge on any atom is 0.119 e. The van der Waals surface area contributed by atoms with Gasteiger partial charge in [-0.2, -0.15) is 0 Å². The van der Waals surface area contributed by atoms with Crippen LogP contribution in [0.15, 0.2) is 24.3 Å². The Hall–Kier alpha value is -1.26. The van der Waals surface area contributed by atoms with Gasteiger partial charge in [0.05, 0.1) is 85.9 Å². The second-order valence-corrected chi connectivity index (χ2v) is 6.91. The zero-order chi connectivity index (χ0) is 23.0. The molecule has 1 aromatic carbocycles. The molecule has 0 spiro atoms. The van der Waals surface area contributed by atoms with Crippen molar-refractivity contribution < 1.29 is 37.9 Å². The standard InChI is InChI=1S/C24H42O8/c1-3-4-23-5-7-24(8-6-23)32-22-21-31-20-19-30-18-17-29-16-15-28-14-13-27-12-11-26-10-9-25-2/h5-8H,3-4,9-22H2,1-2H3. The molecule has 0 atom stereocenters. The van der Waals surface area contributed by atoms with Crippen molar-refractivity contribution in [2.24, 2.45) is 0 Å². The minimum Gasteiger partial charge on any atom is -0.491 e. The van der Waals surface area contributed by atoms with Crippen LogP contribution in [0.3, 0.4) is 0 Å². The number of methoxy groups -OCH3 is 1. The molecular weight excluding hydrogens is 416 g/mol. The summed E-state index contributed by atoms with van der Waals surface area (Å²) in [6, 6.07) is 8.24. The maximum atomic E-state index is 5.66. The van der Waals surface area contributed by atoms with E-state index in [0.717, 1.165) is 18.6 Å². The van der Waals surface area contributed by atoms with Crippen molar-refractivity contribution in [1.82, 2.24) is 0 Å². The lowest BCUT2D eigenvalue weighted by Crippen LogP contribution is -2.15. The van der Waals surface area contributed by atoms with Crippen molar-refractivity contribution in [2.75, 3.05) is 99.6 Å². The van der Waals surface area contributed by atoms with E-state index in [1.54, 1.807) is 7.11 Å². The summed E-state index contributed by atoms with van der Waals surface area (Å²) < 4.78 is 43.1. The van der Waals surface area contributed by atoms with Crippen LogP contribution in [0.4, 0.5) is 0 Å². The zero-order valence-corrected chi connectivity index (χ0v) is 19.9. The number of ether oxygens (including phenoxy) is 8. The third-order valence-corrected chi connectivity index (χ3v) is 4.25. The van der Waals surface area contributed by atoms with Crippen molar-refractivity contribution in [3.63, 3.8) is 0 Å². The third kappa shape index (κ3) is 18.3. The molecule has 0 aliphatic rings. The molecule has 0 N–H and O–H groups in total. The van der Waals surface area contributed by atoms with E-state index in [1.807, 2.05) is 12.1 Å². The lowest BCUT2D eigenvalue weighted by Gasteiger charge is -2.09. The number of benzene rings is 1. The van der Waals surface area contributed by atoms with E-state index in [9.17, 15) is 0 Å². The van der Waals surface area contributed by atoms with Gasteiger partial charge in [-0.25, -0.2) is 0 Å². The van der Waals surface area contributed by atoms with Crippen molar-refractivity contribution in [2.45, 2.75) is 19.8 Å². The van der Waals surface area contributed by atoms with Crippen molar-refractivity contribution in [3.8, 4) is 5.75 Å². The summed E-state index contributed by atoms with van der Waals surface area (Å²) in [5.41, 5.74) is 1.34. The van der Waals surface area contributed by atoms with Crippen molar-refractivity contribution in [1.29, 1.82) is 0 Å².